The van der Waals surface area contributed by atoms with Gasteiger partial charge in [-0.05, 0) is 40.2 Å². The number of nitrogens with zero attached hydrogens (tertiary/aromatic N) is 6. The Morgan fingerprint density at radius 3 is 2.53 bits per heavy atom. The third-order valence-electron chi connectivity index (χ3n) is 6.44. The van der Waals surface area contributed by atoms with Crippen molar-refractivity contribution in [1.82, 2.24) is 19.7 Å². The highest BCUT2D eigenvalue weighted by molar-refractivity contribution is 9.11. The molecule has 2 aromatic carbocycles. The minimum Gasteiger partial charge on any atom is -0.338 e. The number of aromatic nitrogens is 3. The molecule has 1 saturated heterocycles. The molecule has 2 aliphatic heterocycles. The van der Waals surface area contributed by atoms with Crippen LogP contribution in [0.1, 0.15) is 17.0 Å². The van der Waals surface area contributed by atoms with Gasteiger partial charge in [0.05, 0.1) is 9.50 Å². The molecule has 0 saturated carbocycles. The first kappa shape index (κ1) is 24.2. The maximum Gasteiger partial charge on any atom is 0.232 e. The molecule has 10 heteroatoms. The summed E-state index contributed by atoms with van der Waals surface area (Å²) >= 11 is 13.9. The molecular formula is C26H24BrClN6S2. The van der Waals surface area contributed by atoms with Crippen molar-refractivity contribution in [2.24, 2.45) is 4.99 Å². The number of fused-ring (bicyclic) bond motifs is 3. The van der Waals surface area contributed by atoms with E-state index in [0.717, 1.165) is 75.9 Å². The van der Waals surface area contributed by atoms with Crippen LogP contribution < -0.4 is 4.90 Å². The first-order valence-corrected chi connectivity index (χ1v) is 14.8. The lowest BCUT2D eigenvalue weighted by molar-refractivity contribution is 0.271. The smallest absolute Gasteiger partial charge is 0.232 e. The van der Waals surface area contributed by atoms with Crippen molar-refractivity contribution in [2.75, 3.05) is 43.4 Å². The maximum atomic E-state index is 6.57. The van der Waals surface area contributed by atoms with Crippen LogP contribution >= 0.6 is 50.6 Å². The lowest BCUT2D eigenvalue weighted by atomic mass is 10.0. The highest BCUT2D eigenvalue weighted by Crippen LogP contribution is 2.38. The van der Waals surface area contributed by atoms with Crippen LogP contribution in [0.2, 0.25) is 5.02 Å². The van der Waals surface area contributed by atoms with Crippen LogP contribution in [0, 0.1) is 0 Å². The van der Waals surface area contributed by atoms with Gasteiger partial charge in [0, 0.05) is 59.5 Å². The molecule has 6 nitrogen and oxygen atoms in total. The van der Waals surface area contributed by atoms with Gasteiger partial charge in [-0.15, -0.1) is 33.3 Å². The van der Waals surface area contributed by atoms with Crippen LogP contribution in [-0.4, -0.2) is 63.9 Å². The predicted molar refractivity (Wildman–Crippen MR) is 154 cm³/mol. The van der Waals surface area contributed by atoms with E-state index >= 15 is 0 Å². The molecule has 1 fully saturated rings. The van der Waals surface area contributed by atoms with E-state index in [1.54, 1.807) is 11.3 Å². The van der Waals surface area contributed by atoms with Gasteiger partial charge in [-0.1, -0.05) is 48.0 Å². The van der Waals surface area contributed by atoms with E-state index in [1.807, 2.05) is 36.0 Å². The normalized spacial score (nSPS) is 15.8. The Morgan fingerprint density at radius 2 is 1.72 bits per heavy atom. The predicted octanol–water partition coefficient (Wildman–Crippen LogP) is 6.01. The Bertz CT molecular complexity index is 1390. The summed E-state index contributed by atoms with van der Waals surface area (Å²) in [6.07, 6.45) is 0. The third-order valence-corrected chi connectivity index (χ3v) is 9.38. The molecular weight excluding hydrogens is 576 g/mol. The van der Waals surface area contributed by atoms with Crippen molar-refractivity contribution < 1.29 is 0 Å². The van der Waals surface area contributed by atoms with E-state index in [2.05, 4.69) is 76.9 Å². The lowest BCUT2D eigenvalue weighted by Crippen LogP contribution is -2.47. The maximum absolute atomic E-state index is 6.57. The van der Waals surface area contributed by atoms with Crippen molar-refractivity contribution >= 4 is 62.3 Å². The van der Waals surface area contributed by atoms with Crippen molar-refractivity contribution in [3.05, 3.63) is 86.4 Å². The number of hydrogen-bond donors (Lipinski definition) is 0. The zero-order chi connectivity index (χ0) is 24.5. The average Bonchev–Trinajstić information content (AvgIpc) is 3.46. The third kappa shape index (κ3) is 4.87. The number of hydrogen-bond acceptors (Lipinski definition) is 7. The fourth-order valence-corrected chi connectivity index (χ4v) is 7.36. The second-order valence-corrected chi connectivity index (χ2v) is 12.6. The van der Waals surface area contributed by atoms with Gasteiger partial charge < -0.3 is 4.90 Å². The summed E-state index contributed by atoms with van der Waals surface area (Å²) in [6, 6.07) is 20.6. The van der Waals surface area contributed by atoms with E-state index in [4.69, 9.17) is 16.6 Å². The Morgan fingerprint density at radius 1 is 0.944 bits per heavy atom. The number of thiophene rings is 1. The Labute approximate surface area is 232 Å². The summed E-state index contributed by atoms with van der Waals surface area (Å²) in [5, 5.41) is 11.0. The first-order chi connectivity index (χ1) is 17.7. The Kier molecular flexibility index (Phi) is 7.17. The van der Waals surface area contributed by atoms with Crippen LogP contribution in [-0.2, 0) is 6.54 Å². The molecule has 4 heterocycles. The Balaban J connectivity index is 1.20. The highest BCUT2D eigenvalue weighted by atomic mass is 79.9. The number of benzene rings is 2. The summed E-state index contributed by atoms with van der Waals surface area (Å²) in [4.78, 5) is 11.2. The van der Waals surface area contributed by atoms with Gasteiger partial charge in [-0.2, -0.15) is 0 Å². The summed E-state index contributed by atoms with van der Waals surface area (Å²) < 4.78 is 3.24. The molecule has 0 aliphatic carbocycles. The minimum atomic E-state index is 0.462. The van der Waals surface area contributed by atoms with Crippen LogP contribution in [0.25, 0.3) is 5.00 Å². The highest BCUT2D eigenvalue weighted by Gasteiger charge is 2.29. The standard InChI is InChI=1S/C26H24BrClN6S2/c27-22-16-20-24(19-8-4-5-9-21(19)28)29-17-23-30-31-26(34(23)25(20)36-22)33-12-10-32(11-13-33)14-15-35-18-6-2-1-3-7-18/h1-9,16H,10-15,17H2. The van der Waals surface area contributed by atoms with Gasteiger partial charge in [0.15, 0.2) is 5.82 Å². The molecule has 6 rings (SSSR count). The van der Waals surface area contributed by atoms with Gasteiger partial charge in [-0.25, -0.2) is 0 Å². The number of aliphatic imine (C=N–C) groups is 1. The van der Waals surface area contributed by atoms with E-state index in [0.29, 0.717) is 11.6 Å². The molecule has 4 aromatic rings. The molecule has 0 amide bonds. The molecule has 0 unspecified atom stereocenters. The quantitative estimate of drug-likeness (QED) is 0.254. The van der Waals surface area contributed by atoms with Gasteiger partial charge >= 0.3 is 0 Å². The first-order valence-electron chi connectivity index (χ1n) is 11.9. The fourth-order valence-electron chi connectivity index (χ4n) is 4.61. The molecule has 36 heavy (non-hydrogen) atoms. The second kappa shape index (κ2) is 10.7. The van der Waals surface area contributed by atoms with Gasteiger partial charge in [0.2, 0.25) is 5.95 Å². The van der Waals surface area contributed by atoms with E-state index in [1.165, 1.54) is 4.90 Å². The molecule has 0 atom stereocenters. The van der Waals surface area contributed by atoms with Gasteiger partial charge in [-0.3, -0.25) is 14.5 Å². The molecule has 2 aliphatic rings. The number of halogens is 2. The topological polar surface area (TPSA) is 49.6 Å². The molecule has 184 valence electrons. The van der Waals surface area contributed by atoms with Crippen LogP contribution in [0.3, 0.4) is 0 Å². The lowest BCUT2D eigenvalue weighted by Gasteiger charge is -2.35. The summed E-state index contributed by atoms with van der Waals surface area (Å²) in [7, 11) is 0. The van der Waals surface area contributed by atoms with Crippen molar-refractivity contribution in [2.45, 2.75) is 11.4 Å². The van der Waals surface area contributed by atoms with E-state index in [9.17, 15) is 0 Å². The van der Waals surface area contributed by atoms with Crippen molar-refractivity contribution in [3.63, 3.8) is 0 Å². The zero-order valence-corrected chi connectivity index (χ0v) is 23.5. The van der Waals surface area contributed by atoms with Crippen LogP contribution in [0.4, 0.5) is 5.95 Å². The molecule has 0 spiro atoms. The second-order valence-electron chi connectivity index (χ2n) is 8.66. The van der Waals surface area contributed by atoms with Crippen molar-refractivity contribution in [1.29, 1.82) is 0 Å². The summed E-state index contributed by atoms with van der Waals surface area (Å²) in [6.45, 7) is 5.42. The number of thioether (sulfide) groups is 1. The number of anilines is 1. The minimum absolute atomic E-state index is 0.462. The summed E-state index contributed by atoms with van der Waals surface area (Å²) in [5.74, 6) is 2.85. The fraction of sp³-hybridized carbons (Fsp3) is 0.269. The van der Waals surface area contributed by atoms with E-state index < -0.39 is 0 Å². The number of piperazine rings is 1. The average molecular weight is 600 g/mol. The Hall–Kier alpha value is -2.17. The van der Waals surface area contributed by atoms with Crippen molar-refractivity contribution in [3.8, 4) is 5.00 Å². The monoisotopic (exact) mass is 598 g/mol. The van der Waals surface area contributed by atoms with Gasteiger partial charge in [0.25, 0.3) is 0 Å². The molecule has 0 N–H and O–H groups in total. The SMILES string of the molecule is Clc1ccccc1C1=NCc2nnc(N3CCN(CCSc4ccccc4)CC3)n2-c2sc(Br)cc21. The number of rotatable bonds is 6. The zero-order valence-electron chi connectivity index (χ0n) is 19.5. The molecule has 0 bridgehead atoms. The molecule has 2 aromatic heterocycles. The largest absolute Gasteiger partial charge is 0.338 e. The van der Waals surface area contributed by atoms with E-state index in [-0.39, 0.29) is 0 Å². The summed E-state index contributed by atoms with van der Waals surface area (Å²) in [5.41, 5.74) is 2.89. The van der Waals surface area contributed by atoms with Crippen LogP contribution in [0.15, 0.2) is 74.3 Å². The van der Waals surface area contributed by atoms with Gasteiger partial charge in [0.1, 0.15) is 11.5 Å². The van der Waals surface area contributed by atoms with Crippen LogP contribution in [0.5, 0.6) is 0 Å². The molecule has 0 radical (unpaired) electrons.